The lowest BCUT2D eigenvalue weighted by atomic mass is 9.97. The third-order valence-electron chi connectivity index (χ3n) is 5.16. The minimum Gasteiger partial charge on any atom is -0.466 e. The van der Waals surface area contributed by atoms with Crippen LogP contribution in [0, 0.1) is 19.8 Å². The molecule has 1 atom stereocenters. The lowest BCUT2D eigenvalue weighted by Gasteiger charge is -2.31. The molecular weight excluding hydrogens is 342 g/mol. The highest BCUT2D eigenvalue weighted by molar-refractivity contribution is 5.81. The van der Waals surface area contributed by atoms with Crippen LogP contribution < -0.4 is 0 Å². The Balaban J connectivity index is 1.73. The number of carbonyl (C=O) groups is 2. The maximum atomic E-state index is 12.9. The van der Waals surface area contributed by atoms with Crippen LogP contribution in [-0.4, -0.2) is 46.3 Å². The van der Waals surface area contributed by atoms with Crippen LogP contribution in [0.4, 0.5) is 0 Å². The molecule has 144 valence electrons. The Morgan fingerprint density at radius 3 is 2.67 bits per heavy atom. The number of ether oxygens (including phenoxy) is 1. The Bertz CT molecular complexity index is 814. The van der Waals surface area contributed by atoms with Gasteiger partial charge in [0.2, 0.25) is 5.91 Å². The molecule has 0 bridgehead atoms. The van der Waals surface area contributed by atoms with Gasteiger partial charge >= 0.3 is 5.97 Å². The lowest BCUT2D eigenvalue weighted by Crippen LogP contribution is -2.43. The maximum absolute atomic E-state index is 12.9. The van der Waals surface area contributed by atoms with Crippen LogP contribution in [0.1, 0.15) is 36.7 Å². The number of hydrogen-bond donors (Lipinski definition) is 0. The number of rotatable bonds is 5. The number of para-hydroxylation sites is 1. The van der Waals surface area contributed by atoms with E-state index in [2.05, 4.69) is 5.10 Å². The first kappa shape index (κ1) is 19.1. The molecule has 1 aromatic heterocycles. The highest BCUT2D eigenvalue weighted by Crippen LogP contribution is 2.22. The number of carbonyl (C=O) groups excluding carboxylic acids is 2. The monoisotopic (exact) mass is 369 g/mol. The second kappa shape index (κ2) is 8.37. The first-order chi connectivity index (χ1) is 13.0. The van der Waals surface area contributed by atoms with Crippen molar-refractivity contribution in [2.24, 2.45) is 5.92 Å². The van der Waals surface area contributed by atoms with Crippen LogP contribution in [-0.2, 0) is 20.7 Å². The number of esters is 1. The molecule has 2 heterocycles. The summed E-state index contributed by atoms with van der Waals surface area (Å²) >= 11 is 0. The van der Waals surface area contributed by atoms with E-state index in [1.165, 1.54) is 0 Å². The minimum atomic E-state index is -0.211. The highest BCUT2D eigenvalue weighted by atomic mass is 16.5. The lowest BCUT2D eigenvalue weighted by molar-refractivity contribution is -0.151. The zero-order chi connectivity index (χ0) is 19.4. The number of benzene rings is 1. The second-order valence-electron chi connectivity index (χ2n) is 7.00. The SMILES string of the molecule is CCOC(=O)[C@H]1CCCN(C(=O)Cc2c(C)nn(-c3ccccc3)c2C)C1. The van der Waals surface area contributed by atoms with Crippen LogP contribution in [0.3, 0.4) is 0 Å². The van der Waals surface area contributed by atoms with Crippen LogP contribution in [0.2, 0.25) is 0 Å². The normalized spacial score (nSPS) is 17.0. The average Bonchev–Trinajstić information content (AvgIpc) is 2.97. The number of nitrogens with zero attached hydrogens (tertiary/aromatic N) is 3. The first-order valence-corrected chi connectivity index (χ1v) is 9.56. The van der Waals surface area contributed by atoms with E-state index in [0.717, 1.165) is 35.5 Å². The quantitative estimate of drug-likeness (QED) is 0.760. The van der Waals surface area contributed by atoms with Crippen LogP contribution >= 0.6 is 0 Å². The molecule has 6 heteroatoms. The predicted octanol–water partition coefficient (Wildman–Crippen LogP) is 2.83. The van der Waals surface area contributed by atoms with Gasteiger partial charge in [-0.15, -0.1) is 0 Å². The molecule has 27 heavy (non-hydrogen) atoms. The molecule has 0 spiro atoms. The topological polar surface area (TPSA) is 64.4 Å². The van der Waals surface area contributed by atoms with E-state index in [9.17, 15) is 9.59 Å². The van der Waals surface area contributed by atoms with Crippen molar-refractivity contribution in [3.8, 4) is 5.69 Å². The molecule has 0 N–H and O–H groups in total. The molecule has 1 saturated heterocycles. The molecule has 0 unspecified atom stereocenters. The molecule has 1 amide bonds. The van der Waals surface area contributed by atoms with Gasteiger partial charge in [0.15, 0.2) is 0 Å². The summed E-state index contributed by atoms with van der Waals surface area (Å²) in [7, 11) is 0. The third kappa shape index (κ3) is 4.21. The summed E-state index contributed by atoms with van der Waals surface area (Å²) in [6.07, 6.45) is 1.92. The van der Waals surface area contributed by atoms with Crippen LogP contribution in [0.15, 0.2) is 30.3 Å². The molecule has 0 aliphatic carbocycles. The van der Waals surface area contributed by atoms with Crippen molar-refractivity contribution in [1.82, 2.24) is 14.7 Å². The number of hydrogen-bond acceptors (Lipinski definition) is 4. The zero-order valence-corrected chi connectivity index (χ0v) is 16.3. The number of likely N-dealkylation sites (tertiary alicyclic amines) is 1. The van der Waals surface area contributed by atoms with Crippen LogP contribution in [0.5, 0.6) is 0 Å². The van der Waals surface area contributed by atoms with E-state index in [1.807, 2.05) is 48.9 Å². The number of amides is 1. The molecule has 3 rings (SSSR count). The minimum absolute atomic E-state index is 0.0443. The molecular formula is C21H27N3O3. The van der Waals surface area contributed by atoms with Gasteiger partial charge in [-0.3, -0.25) is 9.59 Å². The zero-order valence-electron chi connectivity index (χ0n) is 16.3. The highest BCUT2D eigenvalue weighted by Gasteiger charge is 2.30. The van der Waals surface area contributed by atoms with Gasteiger partial charge in [-0.2, -0.15) is 5.10 Å². The predicted molar refractivity (Wildman–Crippen MR) is 103 cm³/mol. The van der Waals surface area contributed by atoms with Crippen molar-refractivity contribution in [2.45, 2.75) is 40.0 Å². The molecule has 1 aliphatic rings. The summed E-state index contributed by atoms with van der Waals surface area (Å²) in [5, 5.41) is 4.62. The largest absolute Gasteiger partial charge is 0.466 e. The van der Waals surface area contributed by atoms with E-state index in [0.29, 0.717) is 26.1 Å². The van der Waals surface area contributed by atoms with Crippen molar-refractivity contribution in [3.63, 3.8) is 0 Å². The van der Waals surface area contributed by atoms with Crippen molar-refractivity contribution in [3.05, 3.63) is 47.3 Å². The van der Waals surface area contributed by atoms with Gasteiger partial charge in [-0.1, -0.05) is 18.2 Å². The number of aromatic nitrogens is 2. The Morgan fingerprint density at radius 2 is 1.96 bits per heavy atom. The van der Waals surface area contributed by atoms with Gasteiger partial charge in [0.1, 0.15) is 0 Å². The Morgan fingerprint density at radius 1 is 1.22 bits per heavy atom. The van der Waals surface area contributed by atoms with Crippen molar-refractivity contribution >= 4 is 11.9 Å². The van der Waals surface area contributed by atoms with Gasteiger partial charge in [0.05, 0.1) is 30.3 Å². The third-order valence-corrected chi connectivity index (χ3v) is 5.16. The smallest absolute Gasteiger partial charge is 0.310 e. The van der Waals surface area contributed by atoms with E-state index < -0.39 is 0 Å². The fourth-order valence-corrected chi connectivity index (χ4v) is 3.67. The van der Waals surface area contributed by atoms with Crippen LogP contribution in [0.25, 0.3) is 5.69 Å². The molecule has 0 saturated carbocycles. The summed E-state index contributed by atoms with van der Waals surface area (Å²) in [5.74, 6) is -0.362. The van der Waals surface area contributed by atoms with Gasteiger partial charge < -0.3 is 9.64 Å². The molecule has 2 aromatic rings. The summed E-state index contributed by atoms with van der Waals surface area (Å²) in [6.45, 7) is 7.25. The second-order valence-corrected chi connectivity index (χ2v) is 7.00. The molecule has 1 aromatic carbocycles. The summed E-state index contributed by atoms with van der Waals surface area (Å²) in [5.41, 5.74) is 3.79. The van der Waals surface area contributed by atoms with Gasteiger partial charge in [-0.25, -0.2) is 4.68 Å². The van der Waals surface area contributed by atoms with Crippen molar-refractivity contribution in [1.29, 1.82) is 0 Å². The van der Waals surface area contributed by atoms with Gasteiger partial charge in [0.25, 0.3) is 0 Å². The molecule has 1 aliphatic heterocycles. The summed E-state index contributed by atoms with van der Waals surface area (Å²) < 4.78 is 7.01. The van der Waals surface area contributed by atoms with Gasteiger partial charge in [-0.05, 0) is 45.7 Å². The number of aryl methyl sites for hydroxylation is 1. The fourth-order valence-electron chi connectivity index (χ4n) is 3.67. The first-order valence-electron chi connectivity index (χ1n) is 9.56. The summed E-state index contributed by atoms with van der Waals surface area (Å²) in [6, 6.07) is 9.91. The van der Waals surface area contributed by atoms with Gasteiger partial charge in [0, 0.05) is 24.3 Å². The standard InChI is InChI=1S/C21H27N3O3/c1-4-27-21(26)17-9-8-12-23(14-17)20(25)13-19-15(2)22-24(16(19)3)18-10-6-5-7-11-18/h5-7,10-11,17H,4,8-9,12-14H2,1-3H3/t17-/m0/s1. The molecule has 0 radical (unpaired) electrons. The van der Waals surface area contributed by atoms with E-state index in [1.54, 1.807) is 11.8 Å². The Hall–Kier alpha value is -2.63. The number of piperidine rings is 1. The fraction of sp³-hybridized carbons (Fsp3) is 0.476. The Labute approximate surface area is 160 Å². The Kier molecular flexibility index (Phi) is 5.94. The van der Waals surface area contributed by atoms with E-state index >= 15 is 0 Å². The van der Waals surface area contributed by atoms with E-state index in [-0.39, 0.29) is 17.8 Å². The maximum Gasteiger partial charge on any atom is 0.310 e. The van der Waals surface area contributed by atoms with Crippen molar-refractivity contribution in [2.75, 3.05) is 19.7 Å². The molecule has 6 nitrogen and oxygen atoms in total. The summed E-state index contributed by atoms with van der Waals surface area (Å²) in [4.78, 5) is 26.7. The van der Waals surface area contributed by atoms with Crippen molar-refractivity contribution < 1.29 is 14.3 Å². The molecule has 1 fully saturated rings. The van der Waals surface area contributed by atoms with E-state index in [4.69, 9.17) is 4.74 Å². The average molecular weight is 369 g/mol.